The second kappa shape index (κ2) is 10.7. The van der Waals surface area contributed by atoms with E-state index in [1.54, 1.807) is 0 Å². The van der Waals surface area contributed by atoms with Crippen LogP contribution in [0, 0.1) is 0 Å². The summed E-state index contributed by atoms with van der Waals surface area (Å²) in [5.74, 6) is 0. The van der Waals surface area contributed by atoms with Gasteiger partial charge in [-0.2, -0.15) is 0 Å². The minimum atomic E-state index is -0.0418. The zero-order valence-electron chi connectivity index (χ0n) is 27.4. The Balaban J connectivity index is 1.21. The SMILES string of the molecule is CC1(C)c2ccccc2-c2cc(N(c3cccc(-c4ccc5ccccc5c4)c3)c3ccc4ccc5sc6ccccc6c5c4c3)ccc21. The van der Waals surface area contributed by atoms with Gasteiger partial charge in [0.25, 0.3) is 0 Å². The van der Waals surface area contributed by atoms with E-state index in [1.807, 2.05) is 11.3 Å². The van der Waals surface area contributed by atoms with E-state index in [-0.39, 0.29) is 5.41 Å². The molecule has 0 fully saturated rings. The molecule has 0 radical (unpaired) electrons. The second-order valence-corrected chi connectivity index (χ2v) is 14.9. The molecule has 1 aliphatic carbocycles. The summed E-state index contributed by atoms with van der Waals surface area (Å²) in [6, 6.07) is 60.8. The lowest BCUT2D eigenvalue weighted by molar-refractivity contribution is 0.660. The molecule has 0 N–H and O–H groups in total. The molecule has 0 aliphatic heterocycles. The third kappa shape index (κ3) is 4.38. The molecule has 0 saturated carbocycles. The average molecular weight is 644 g/mol. The first kappa shape index (κ1) is 28.3. The van der Waals surface area contributed by atoms with Crippen molar-refractivity contribution < 1.29 is 0 Å². The van der Waals surface area contributed by atoms with E-state index in [0.717, 1.165) is 17.1 Å². The zero-order chi connectivity index (χ0) is 32.7. The average Bonchev–Trinajstić information content (AvgIpc) is 3.64. The van der Waals surface area contributed by atoms with Crippen LogP contribution < -0.4 is 4.90 Å². The number of rotatable bonds is 4. The molecule has 10 rings (SSSR count). The van der Waals surface area contributed by atoms with Gasteiger partial charge in [-0.05, 0) is 110 Å². The van der Waals surface area contributed by atoms with Crippen molar-refractivity contribution in [2.24, 2.45) is 0 Å². The van der Waals surface area contributed by atoms with Crippen LogP contribution in [-0.2, 0) is 5.41 Å². The maximum Gasteiger partial charge on any atom is 0.0468 e. The van der Waals surface area contributed by atoms with Crippen LogP contribution in [0.1, 0.15) is 25.0 Å². The molecular formula is C47H33NS. The van der Waals surface area contributed by atoms with E-state index in [4.69, 9.17) is 0 Å². The standard InChI is InChI=1S/C47H33NS/c1-47(2)42-16-7-5-14-38(42)41-29-37(23-24-43(41)47)48(35-13-9-12-33(27-35)34-19-18-30-10-3-4-11-32(30)26-34)36-22-20-31-21-25-45-46(40(31)28-36)39-15-6-8-17-44(39)49-45/h3-29H,1-2H3. The van der Waals surface area contributed by atoms with E-state index in [2.05, 4.69) is 183 Å². The predicted molar refractivity (Wildman–Crippen MR) is 212 cm³/mol. The number of anilines is 3. The van der Waals surface area contributed by atoms with Crippen LogP contribution in [0.3, 0.4) is 0 Å². The molecule has 9 aromatic rings. The first-order chi connectivity index (χ1) is 24.0. The predicted octanol–water partition coefficient (Wildman–Crippen LogP) is 13.8. The molecule has 0 atom stereocenters. The van der Waals surface area contributed by atoms with Gasteiger partial charge in [0, 0.05) is 42.6 Å². The number of hydrogen-bond donors (Lipinski definition) is 0. The van der Waals surface area contributed by atoms with E-state index in [9.17, 15) is 0 Å². The molecule has 49 heavy (non-hydrogen) atoms. The van der Waals surface area contributed by atoms with Crippen LogP contribution in [0.2, 0.25) is 0 Å². The summed E-state index contributed by atoms with van der Waals surface area (Å²) in [5, 5.41) is 7.73. The molecule has 2 heteroatoms. The van der Waals surface area contributed by atoms with E-state index in [0.29, 0.717) is 0 Å². The van der Waals surface area contributed by atoms with Crippen molar-refractivity contribution >= 4 is 70.1 Å². The summed E-state index contributed by atoms with van der Waals surface area (Å²) in [6.07, 6.45) is 0. The summed E-state index contributed by atoms with van der Waals surface area (Å²) in [4.78, 5) is 2.45. The molecule has 0 saturated heterocycles. The number of nitrogens with zero attached hydrogens (tertiary/aromatic N) is 1. The molecule has 0 amide bonds. The molecule has 1 aliphatic rings. The Labute approximate surface area is 290 Å². The van der Waals surface area contributed by atoms with Gasteiger partial charge in [0.2, 0.25) is 0 Å². The van der Waals surface area contributed by atoms with Gasteiger partial charge in [-0.3, -0.25) is 0 Å². The van der Waals surface area contributed by atoms with Gasteiger partial charge in [-0.15, -0.1) is 11.3 Å². The molecule has 1 aromatic heterocycles. The van der Waals surface area contributed by atoms with Gasteiger partial charge in [0.1, 0.15) is 0 Å². The van der Waals surface area contributed by atoms with Crippen molar-refractivity contribution in [1.82, 2.24) is 0 Å². The van der Waals surface area contributed by atoms with Crippen molar-refractivity contribution in [3.63, 3.8) is 0 Å². The summed E-state index contributed by atoms with van der Waals surface area (Å²) >= 11 is 1.88. The summed E-state index contributed by atoms with van der Waals surface area (Å²) in [5.41, 5.74) is 11.2. The normalized spacial score (nSPS) is 13.3. The van der Waals surface area contributed by atoms with Crippen molar-refractivity contribution in [3.05, 3.63) is 175 Å². The third-order valence-corrected chi connectivity index (χ3v) is 11.7. The van der Waals surface area contributed by atoms with Crippen LogP contribution in [0.15, 0.2) is 164 Å². The maximum absolute atomic E-state index is 2.45. The van der Waals surface area contributed by atoms with Crippen LogP contribution in [0.25, 0.3) is 64.0 Å². The third-order valence-electron chi connectivity index (χ3n) is 10.6. The summed E-state index contributed by atoms with van der Waals surface area (Å²) in [6.45, 7) is 4.70. The minimum absolute atomic E-state index is 0.0418. The van der Waals surface area contributed by atoms with Crippen LogP contribution in [0.5, 0.6) is 0 Å². The van der Waals surface area contributed by atoms with Crippen molar-refractivity contribution in [2.75, 3.05) is 4.90 Å². The highest BCUT2D eigenvalue weighted by Gasteiger charge is 2.35. The first-order valence-corrected chi connectivity index (χ1v) is 17.8. The Morgan fingerprint density at radius 3 is 2.06 bits per heavy atom. The smallest absolute Gasteiger partial charge is 0.0468 e. The number of fused-ring (bicyclic) bond motifs is 9. The second-order valence-electron chi connectivity index (χ2n) is 13.8. The fourth-order valence-electron chi connectivity index (χ4n) is 8.16. The van der Waals surface area contributed by atoms with Gasteiger partial charge in [-0.25, -0.2) is 0 Å². The summed E-state index contributed by atoms with van der Waals surface area (Å²) < 4.78 is 2.65. The molecule has 1 heterocycles. The number of hydrogen-bond acceptors (Lipinski definition) is 2. The lowest BCUT2D eigenvalue weighted by atomic mass is 9.82. The zero-order valence-corrected chi connectivity index (χ0v) is 28.3. The fourth-order valence-corrected chi connectivity index (χ4v) is 9.28. The largest absolute Gasteiger partial charge is 0.310 e. The molecule has 232 valence electrons. The van der Waals surface area contributed by atoms with Gasteiger partial charge in [-0.1, -0.05) is 123 Å². The van der Waals surface area contributed by atoms with Crippen molar-refractivity contribution in [3.8, 4) is 22.3 Å². The van der Waals surface area contributed by atoms with Gasteiger partial charge >= 0.3 is 0 Å². The Bertz CT molecular complexity index is 2770. The minimum Gasteiger partial charge on any atom is -0.310 e. The lowest BCUT2D eigenvalue weighted by Crippen LogP contribution is -2.15. The Morgan fingerprint density at radius 1 is 0.429 bits per heavy atom. The number of thiophene rings is 1. The molecule has 0 unspecified atom stereocenters. The van der Waals surface area contributed by atoms with Gasteiger partial charge in [0.05, 0.1) is 0 Å². The van der Waals surface area contributed by atoms with E-state index < -0.39 is 0 Å². The molecule has 0 bridgehead atoms. The number of benzene rings is 8. The van der Waals surface area contributed by atoms with Crippen LogP contribution >= 0.6 is 11.3 Å². The summed E-state index contributed by atoms with van der Waals surface area (Å²) in [7, 11) is 0. The maximum atomic E-state index is 2.45. The van der Waals surface area contributed by atoms with Crippen molar-refractivity contribution in [1.29, 1.82) is 0 Å². The van der Waals surface area contributed by atoms with E-state index in [1.165, 1.54) is 75.1 Å². The highest BCUT2D eigenvalue weighted by Crippen LogP contribution is 2.51. The lowest BCUT2D eigenvalue weighted by Gasteiger charge is -2.28. The Hall–Kier alpha value is -5.70. The topological polar surface area (TPSA) is 3.24 Å². The Morgan fingerprint density at radius 2 is 1.12 bits per heavy atom. The van der Waals surface area contributed by atoms with Crippen LogP contribution in [-0.4, -0.2) is 0 Å². The van der Waals surface area contributed by atoms with Crippen molar-refractivity contribution in [2.45, 2.75) is 19.3 Å². The first-order valence-electron chi connectivity index (χ1n) is 17.0. The molecular weight excluding hydrogens is 611 g/mol. The molecule has 1 nitrogen and oxygen atoms in total. The quantitative estimate of drug-likeness (QED) is 0.184. The monoisotopic (exact) mass is 643 g/mol. The fraction of sp³-hybridized carbons (Fsp3) is 0.0638. The van der Waals surface area contributed by atoms with Gasteiger partial charge in [0.15, 0.2) is 0 Å². The Kier molecular flexibility index (Phi) is 6.16. The van der Waals surface area contributed by atoms with Crippen LogP contribution in [0.4, 0.5) is 17.1 Å². The highest BCUT2D eigenvalue weighted by molar-refractivity contribution is 7.26. The molecule has 8 aromatic carbocycles. The van der Waals surface area contributed by atoms with Gasteiger partial charge < -0.3 is 4.90 Å². The molecule has 0 spiro atoms. The highest BCUT2D eigenvalue weighted by atomic mass is 32.1. The van der Waals surface area contributed by atoms with E-state index >= 15 is 0 Å².